The van der Waals surface area contributed by atoms with Gasteiger partial charge in [0.15, 0.2) is 0 Å². The Morgan fingerprint density at radius 2 is 2.07 bits per heavy atom. The third-order valence-corrected chi connectivity index (χ3v) is 5.72. The van der Waals surface area contributed by atoms with Gasteiger partial charge in [0.2, 0.25) is 0 Å². The van der Waals surface area contributed by atoms with Crippen molar-refractivity contribution in [3.05, 3.63) is 12.2 Å². The summed E-state index contributed by atoms with van der Waals surface area (Å²) in [6.07, 6.45) is 8.92. The normalized spacial score (nSPS) is 33.1. The van der Waals surface area contributed by atoms with E-state index < -0.39 is 9.28 Å². The molecule has 1 saturated carbocycles. The van der Waals surface area contributed by atoms with Crippen molar-refractivity contribution in [2.75, 3.05) is 13.2 Å². The maximum absolute atomic E-state index is 5.74. The maximum atomic E-state index is 5.74. The maximum Gasteiger partial charge on any atom is 0.385 e. The Labute approximate surface area is 94.5 Å². The summed E-state index contributed by atoms with van der Waals surface area (Å²) in [6, 6.07) is 1.15. The Hall–Kier alpha value is -0.123. The molecule has 0 spiro atoms. The molecule has 0 heterocycles. The lowest BCUT2D eigenvalue weighted by atomic mass is 9.90. The Bertz CT molecular complexity index is 236. The van der Waals surface area contributed by atoms with Crippen molar-refractivity contribution in [3.8, 4) is 0 Å². The zero-order valence-corrected chi connectivity index (χ0v) is 10.8. The summed E-state index contributed by atoms with van der Waals surface area (Å²) in [5.74, 6) is 0.858. The first kappa shape index (κ1) is 11.4. The molecule has 0 N–H and O–H groups in total. The van der Waals surface area contributed by atoms with Crippen molar-refractivity contribution in [3.63, 3.8) is 0 Å². The van der Waals surface area contributed by atoms with E-state index in [4.69, 9.17) is 8.85 Å². The average molecular weight is 225 g/mol. The summed E-state index contributed by atoms with van der Waals surface area (Å²) < 4.78 is 11.5. The zero-order chi connectivity index (χ0) is 10.7. The number of fused-ring (bicyclic) bond motifs is 2. The smallest absolute Gasteiger partial charge is 0.385 e. The van der Waals surface area contributed by atoms with Crippen molar-refractivity contribution in [1.82, 2.24) is 0 Å². The molecule has 1 radical (unpaired) electrons. The van der Waals surface area contributed by atoms with Crippen LogP contribution in [-0.4, -0.2) is 22.5 Å². The predicted octanol–water partition coefficient (Wildman–Crippen LogP) is 2.90. The molecule has 2 aliphatic rings. The van der Waals surface area contributed by atoms with E-state index >= 15 is 0 Å². The summed E-state index contributed by atoms with van der Waals surface area (Å²) in [7, 11) is -1.02. The molecule has 3 heteroatoms. The van der Waals surface area contributed by atoms with Gasteiger partial charge in [0.25, 0.3) is 0 Å². The SMILES string of the molecule is CCO[Si](CC12C=CC(CC1)C2)OCC. The largest absolute Gasteiger partial charge is 0.394 e. The molecule has 0 aromatic rings. The van der Waals surface area contributed by atoms with Crippen LogP contribution in [0.5, 0.6) is 0 Å². The van der Waals surface area contributed by atoms with E-state index in [0.29, 0.717) is 5.41 Å². The van der Waals surface area contributed by atoms with E-state index in [1.165, 1.54) is 19.3 Å². The molecule has 0 aromatic heterocycles. The van der Waals surface area contributed by atoms with Crippen LogP contribution in [0.25, 0.3) is 0 Å². The van der Waals surface area contributed by atoms with Crippen LogP contribution < -0.4 is 0 Å². The van der Waals surface area contributed by atoms with Crippen LogP contribution in [-0.2, 0) is 8.85 Å². The Kier molecular flexibility index (Phi) is 3.64. The highest BCUT2D eigenvalue weighted by molar-refractivity contribution is 6.44. The Morgan fingerprint density at radius 3 is 2.47 bits per heavy atom. The van der Waals surface area contributed by atoms with Crippen LogP contribution >= 0.6 is 0 Å². The van der Waals surface area contributed by atoms with Crippen molar-refractivity contribution in [1.29, 1.82) is 0 Å². The number of rotatable bonds is 6. The van der Waals surface area contributed by atoms with Crippen LogP contribution in [0.1, 0.15) is 33.1 Å². The lowest BCUT2D eigenvalue weighted by molar-refractivity contribution is 0.201. The summed E-state index contributed by atoms with van der Waals surface area (Å²) in [4.78, 5) is 0. The first-order chi connectivity index (χ1) is 7.28. The number of hydrogen-bond donors (Lipinski definition) is 0. The van der Waals surface area contributed by atoms with Gasteiger partial charge in [-0.3, -0.25) is 0 Å². The molecule has 2 unspecified atom stereocenters. The minimum absolute atomic E-state index is 0.448. The second-order valence-corrected chi connectivity index (χ2v) is 6.31. The lowest BCUT2D eigenvalue weighted by Gasteiger charge is -2.26. The fourth-order valence-corrected chi connectivity index (χ4v) is 4.77. The van der Waals surface area contributed by atoms with Gasteiger partial charge in [0.05, 0.1) is 0 Å². The molecule has 85 valence electrons. The standard InChI is InChI=1S/C12H21O2Si/c1-3-13-15(14-4-2)10-12-7-5-11(9-12)6-8-12/h5,7,11H,3-4,6,8-10H2,1-2H3. The van der Waals surface area contributed by atoms with Gasteiger partial charge < -0.3 is 8.85 Å². The summed E-state index contributed by atoms with van der Waals surface area (Å²) in [5, 5.41) is 0. The lowest BCUT2D eigenvalue weighted by Crippen LogP contribution is -2.29. The minimum atomic E-state index is -1.02. The molecule has 2 bridgehead atoms. The van der Waals surface area contributed by atoms with Crippen LogP contribution in [0, 0.1) is 11.3 Å². The molecular weight excluding hydrogens is 204 g/mol. The van der Waals surface area contributed by atoms with Crippen molar-refractivity contribution >= 4 is 9.28 Å². The molecule has 0 aliphatic heterocycles. The average Bonchev–Trinajstić information content (AvgIpc) is 2.78. The van der Waals surface area contributed by atoms with Crippen LogP contribution in [0.15, 0.2) is 12.2 Å². The van der Waals surface area contributed by atoms with Gasteiger partial charge in [-0.2, -0.15) is 0 Å². The second kappa shape index (κ2) is 4.81. The highest BCUT2D eigenvalue weighted by Crippen LogP contribution is 2.52. The molecule has 0 saturated heterocycles. The molecule has 15 heavy (non-hydrogen) atoms. The molecule has 2 rings (SSSR count). The van der Waals surface area contributed by atoms with E-state index in [1.54, 1.807) is 0 Å². The molecule has 1 fully saturated rings. The third kappa shape index (κ3) is 2.52. The third-order valence-electron chi connectivity index (χ3n) is 3.51. The second-order valence-electron chi connectivity index (χ2n) is 4.64. The topological polar surface area (TPSA) is 18.5 Å². The Balaban J connectivity index is 1.90. The van der Waals surface area contributed by atoms with Gasteiger partial charge >= 0.3 is 9.28 Å². The molecule has 0 amide bonds. The zero-order valence-electron chi connectivity index (χ0n) is 9.79. The predicted molar refractivity (Wildman–Crippen MR) is 62.7 cm³/mol. The summed E-state index contributed by atoms with van der Waals surface area (Å²) >= 11 is 0. The van der Waals surface area contributed by atoms with Gasteiger partial charge in [0.1, 0.15) is 0 Å². The summed E-state index contributed by atoms with van der Waals surface area (Å²) in [6.45, 7) is 5.70. The van der Waals surface area contributed by atoms with E-state index in [9.17, 15) is 0 Å². The van der Waals surface area contributed by atoms with Gasteiger partial charge in [0, 0.05) is 19.3 Å². The first-order valence-electron chi connectivity index (χ1n) is 6.09. The number of hydrogen-bond acceptors (Lipinski definition) is 2. The van der Waals surface area contributed by atoms with E-state index in [-0.39, 0.29) is 0 Å². The van der Waals surface area contributed by atoms with Gasteiger partial charge in [-0.1, -0.05) is 12.2 Å². The van der Waals surface area contributed by atoms with Crippen molar-refractivity contribution in [2.45, 2.75) is 39.2 Å². The minimum Gasteiger partial charge on any atom is -0.394 e. The molecular formula is C12H21O2Si. The van der Waals surface area contributed by atoms with Gasteiger partial charge in [-0.25, -0.2) is 0 Å². The van der Waals surface area contributed by atoms with Crippen molar-refractivity contribution in [2.24, 2.45) is 11.3 Å². The van der Waals surface area contributed by atoms with Crippen LogP contribution in [0.2, 0.25) is 6.04 Å². The molecule has 0 aromatic carbocycles. The van der Waals surface area contributed by atoms with Crippen molar-refractivity contribution < 1.29 is 8.85 Å². The molecule has 2 atom stereocenters. The molecule has 2 nitrogen and oxygen atoms in total. The fourth-order valence-electron chi connectivity index (χ4n) is 2.83. The highest BCUT2D eigenvalue weighted by Gasteiger charge is 2.43. The van der Waals surface area contributed by atoms with Crippen LogP contribution in [0.4, 0.5) is 0 Å². The monoisotopic (exact) mass is 225 g/mol. The first-order valence-corrected chi connectivity index (χ1v) is 7.61. The van der Waals surface area contributed by atoms with E-state index in [2.05, 4.69) is 26.0 Å². The summed E-state index contributed by atoms with van der Waals surface area (Å²) in [5.41, 5.74) is 0.448. The quantitative estimate of drug-likeness (QED) is 0.511. The molecule has 2 aliphatic carbocycles. The van der Waals surface area contributed by atoms with E-state index in [1.807, 2.05) is 0 Å². The fraction of sp³-hybridized carbons (Fsp3) is 0.833. The Morgan fingerprint density at radius 1 is 1.33 bits per heavy atom. The highest BCUT2D eigenvalue weighted by atomic mass is 28.3. The van der Waals surface area contributed by atoms with Crippen LogP contribution in [0.3, 0.4) is 0 Å². The van der Waals surface area contributed by atoms with E-state index in [0.717, 1.165) is 25.2 Å². The van der Waals surface area contributed by atoms with Gasteiger partial charge in [-0.05, 0) is 44.4 Å². The van der Waals surface area contributed by atoms with Gasteiger partial charge in [-0.15, -0.1) is 0 Å². The number of allylic oxidation sites excluding steroid dienone is 2.